The minimum Gasteiger partial charge on any atom is -0.362 e. The molecule has 0 rings (SSSR count). The van der Waals surface area contributed by atoms with Crippen molar-refractivity contribution in [2.24, 2.45) is 0 Å². The topological polar surface area (TPSA) is 46.2 Å². The number of rotatable bonds is 7. The van der Waals surface area contributed by atoms with Gasteiger partial charge in [0, 0.05) is 13.5 Å². The lowest BCUT2D eigenvalue weighted by atomic mass is 10.1. The van der Waals surface area contributed by atoms with Crippen molar-refractivity contribution in [3.8, 4) is 0 Å². The zero-order chi connectivity index (χ0) is 13.2. The van der Waals surface area contributed by atoms with Crippen LogP contribution in [0, 0.1) is 0 Å². The Labute approximate surface area is 101 Å². The van der Waals surface area contributed by atoms with E-state index in [9.17, 15) is 4.79 Å². The van der Waals surface area contributed by atoms with Crippen LogP contribution >= 0.6 is 0 Å². The molecule has 0 aromatic carbocycles. The van der Waals surface area contributed by atoms with Gasteiger partial charge in [-0.3, -0.25) is 4.79 Å². The highest BCUT2D eigenvalue weighted by Gasteiger charge is 1.92. The molecule has 0 aliphatic heterocycles. The molecular formula is C13H29NO2. The first-order valence-corrected chi connectivity index (χ1v) is 6.29. The number of unbranched alkanes of at least 4 members (excludes halogenated alkanes) is 4. The Morgan fingerprint density at radius 2 is 1.56 bits per heavy atom. The number of Topliss-reactive ketones (excluding diaryl/α,β-unsaturated/α-hetero) is 1. The standard InChI is InChI=1S/C9H18O.C2H5NO.C2H6/c1-3-4-5-6-7-8-9(2)10;1-3-2-4;1-2/h3-8H2,1-2H3;2H,1H3,(H,3,4);1-2H3. The Morgan fingerprint density at radius 1 is 1.12 bits per heavy atom. The lowest BCUT2D eigenvalue weighted by molar-refractivity contribution is -0.117. The summed E-state index contributed by atoms with van der Waals surface area (Å²) in [6.07, 6.45) is 7.62. The molecule has 98 valence electrons. The maximum absolute atomic E-state index is 10.5. The van der Waals surface area contributed by atoms with Crippen molar-refractivity contribution in [1.82, 2.24) is 5.32 Å². The summed E-state index contributed by atoms with van der Waals surface area (Å²) in [6, 6.07) is 0. The molecule has 0 aromatic rings. The number of carbonyl (C=O) groups excluding carboxylic acids is 2. The van der Waals surface area contributed by atoms with E-state index in [0.29, 0.717) is 12.2 Å². The van der Waals surface area contributed by atoms with Gasteiger partial charge in [0.1, 0.15) is 5.78 Å². The third-order valence-corrected chi connectivity index (χ3v) is 1.75. The SMILES string of the molecule is CC.CCCCCCCC(C)=O.CNC=O. The number of carbonyl (C=O) groups is 2. The molecular weight excluding hydrogens is 202 g/mol. The van der Waals surface area contributed by atoms with E-state index in [4.69, 9.17) is 4.79 Å². The molecule has 1 N–H and O–H groups in total. The molecule has 0 fully saturated rings. The van der Waals surface area contributed by atoms with Gasteiger partial charge < -0.3 is 10.1 Å². The Morgan fingerprint density at radius 3 is 1.88 bits per heavy atom. The zero-order valence-electron chi connectivity index (χ0n) is 11.6. The van der Waals surface area contributed by atoms with E-state index in [0.717, 1.165) is 12.8 Å². The van der Waals surface area contributed by atoms with Crippen LogP contribution in [0.1, 0.15) is 66.2 Å². The van der Waals surface area contributed by atoms with Crippen molar-refractivity contribution in [3.05, 3.63) is 0 Å². The molecule has 0 saturated heterocycles. The fraction of sp³-hybridized carbons (Fsp3) is 0.846. The maximum Gasteiger partial charge on any atom is 0.206 e. The Kier molecular flexibility index (Phi) is 30.5. The van der Waals surface area contributed by atoms with Crippen LogP contribution in [0.25, 0.3) is 0 Å². The average Bonchev–Trinajstić information content (AvgIpc) is 2.31. The van der Waals surface area contributed by atoms with Crippen molar-refractivity contribution >= 4 is 12.2 Å². The summed E-state index contributed by atoms with van der Waals surface area (Å²) in [6.45, 7) is 7.87. The van der Waals surface area contributed by atoms with Crippen LogP contribution in [-0.2, 0) is 9.59 Å². The highest BCUT2D eigenvalue weighted by Crippen LogP contribution is 2.04. The smallest absolute Gasteiger partial charge is 0.206 e. The molecule has 3 heteroatoms. The summed E-state index contributed by atoms with van der Waals surface area (Å²) in [5, 5.41) is 2.25. The summed E-state index contributed by atoms with van der Waals surface area (Å²) in [5.74, 6) is 0.330. The van der Waals surface area contributed by atoms with E-state index in [1.807, 2.05) is 13.8 Å². The quantitative estimate of drug-likeness (QED) is 0.539. The molecule has 0 saturated carbocycles. The fourth-order valence-corrected chi connectivity index (χ4v) is 0.977. The van der Waals surface area contributed by atoms with Crippen molar-refractivity contribution in [1.29, 1.82) is 0 Å². The van der Waals surface area contributed by atoms with Crippen LogP contribution in [0.15, 0.2) is 0 Å². The van der Waals surface area contributed by atoms with Crippen LogP contribution in [0.5, 0.6) is 0 Å². The molecule has 0 aliphatic rings. The Balaban J connectivity index is -0.000000237. The number of amides is 1. The summed E-state index contributed by atoms with van der Waals surface area (Å²) in [7, 11) is 1.56. The minimum atomic E-state index is 0.330. The molecule has 0 atom stereocenters. The molecule has 0 aromatic heterocycles. The predicted molar refractivity (Wildman–Crippen MR) is 70.5 cm³/mol. The van der Waals surface area contributed by atoms with E-state index >= 15 is 0 Å². The van der Waals surface area contributed by atoms with Crippen molar-refractivity contribution in [2.45, 2.75) is 66.2 Å². The molecule has 16 heavy (non-hydrogen) atoms. The molecule has 0 spiro atoms. The third-order valence-electron chi connectivity index (χ3n) is 1.75. The highest BCUT2D eigenvalue weighted by molar-refractivity contribution is 5.75. The monoisotopic (exact) mass is 231 g/mol. The highest BCUT2D eigenvalue weighted by atomic mass is 16.1. The molecule has 1 amide bonds. The van der Waals surface area contributed by atoms with Crippen LogP contribution in [0.3, 0.4) is 0 Å². The first-order valence-electron chi connectivity index (χ1n) is 6.29. The van der Waals surface area contributed by atoms with Gasteiger partial charge in [0.2, 0.25) is 6.41 Å². The van der Waals surface area contributed by atoms with Gasteiger partial charge in [-0.15, -0.1) is 0 Å². The van der Waals surface area contributed by atoms with Crippen LogP contribution in [0.2, 0.25) is 0 Å². The van der Waals surface area contributed by atoms with Gasteiger partial charge >= 0.3 is 0 Å². The molecule has 0 radical (unpaired) electrons. The van der Waals surface area contributed by atoms with Gasteiger partial charge in [0.05, 0.1) is 0 Å². The lowest BCUT2D eigenvalue weighted by Gasteiger charge is -1.95. The normalized spacial score (nSPS) is 7.81. The van der Waals surface area contributed by atoms with Gasteiger partial charge in [-0.2, -0.15) is 0 Å². The molecule has 0 unspecified atom stereocenters. The van der Waals surface area contributed by atoms with Crippen molar-refractivity contribution < 1.29 is 9.59 Å². The second-order valence-electron chi connectivity index (χ2n) is 3.27. The summed E-state index contributed by atoms with van der Waals surface area (Å²) in [4.78, 5) is 19.5. The second-order valence-corrected chi connectivity index (χ2v) is 3.27. The van der Waals surface area contributed by atoms with E-state index in [2.05, 4.69) is 12.2 Å². The minimum absolute atomic E-state index is 0.330. The van der Waals surface area contributed by atoms with Gasteiger partial charge in [-0.05, 0) is 13.3 Å². The Bertz CT molecular complexity index is 136. The Hall–Kier alpha value is -0.860. The van der Waals surface area contributed by atoms with Crippen LogP contribution < -0.4 is 5.32 Å². The lowest BCUT2D eigenvalue weighted by Crippen LogP contribution is -1.98. The summed E-state index contributed by atoms with van der Waals surface area (Å²) < 4.78 is 0. The maximum atomic E-state index is 10.5. The van der Waals surface area contributed by atoms with E-state index in [1.54, 1.807) is 14.0 Å². The summed E-state index contributed by atoms with van der Waals surface area (Å²) in [5.41, 5.74) is 0. The average molecular weight is 231 g/mol. The van der Waals surface area contributed by atoms with Gasteiger partial charge in [0.15, 0.2) is 0 Å². The molecule has 3 nitrogen and oxygen atoms in total. The molecule has 0 aliphatic carbocycles. The van der Waals surface area contributed by atoms with Crippen LogP contribution in [0.4, 0.5) is 0 Å². The van der Waals surface area contributed by atoms with Crippen LogP contribution in [-0.4, -0.2) is 19.2 Å². The first kappa shape index (κ1) is 20.5. The number of ketones is 1. The largest absolute Gasteiger partial charge is 0.362 e. The van der Waals surface area contributed by atoms with Gasteiger partial charge in [0.25, 0.3) is 0 Å². The number of hydrogen-bond acceptors (Lipinski definition) is 2. The summed E-state index contributed by atoms with van der Waals surface area (Å²) >= 11 is 0. The van der Waals surface area contributed by atoms with E-state index in [1.165, 1.54) is 25.7 Å². The first-order chi connectivity index (χ1) is 7.68. The van der Waals surface area contributed by atoms with Gasteiger partial charge in [-0.1, -0.05) is 46.5 Å². The predicted octanol–water partition coefficient (Wildman–Crippen LogP) is 3.32. The van der Waals surface area contributed by atoms with Crippen molar-refractivity contribution in [3.63, 3.8) is 0 Å². The number of nitrogens with one attached hydrogen (secondary N) is 1. The van der Waals surface area contributed by atoms with Crippen molar-refractivity contribution in [2.75, 3.05) is 7.05 Å². The number of hydrogen-bond donors (Lipinski definition) is 1. The molecule has 0 heterocycles. The third kappa shape index (κ3) is 38.0. The molecule has 0 bridgehead atoms. The van der Waals surface area contributed by atoms with Gasteiger partial charge in [-0.25, -0.2) is 0 Å². The van der Waals surface area contributed by atoms with E-state index in [-0.39, 0.29) is 0 Å². The fourth-order valence-electron chi connectivity index (χ4n) is 0.977. The zero-order valence-corrected chi connectivity index (χ0v) is 11.6. The van der Waals surface area contributed by atoms with E-state index < -0.39 is 0 Å². The second kappa shape index (κ2) is 23.7.